The molecule has 0 fully saturated rings. The molecular formula is C22H34N2. The Balaban J connectivity index is 1.76. The third-order valence-electron chi connectivity index (χ3n) is 4.66. The van der Waals surface area contributed by atoms with Crippen LogP contribution in [0.3, 0.4) is 0 Å². The van der Waals surface area contributed by atoms with Gasteiger partial charge in [-0.1, -0.05) is 52.4 Å². The summed E-state index contributed by atoms with van der Waals surface area (Å²) in [5, 5.41) is 0. The summed E-state index contributed by atoms with van der Waals surface area (Å²) in [5.41, 5.74) is 2.61. The molecule has 0 aromatic heterocycles. The fourth-order valence-corrected chi connectivity index (χ4v) is 3.04. The zero-order valence-electron chi connectivity index (χ0n) is 15.6. The summed E-state index contributed by atoms with van der Waals surface area (Å²) in [7, 11) is 0. The monoisotopic (exact) mass is 326 g/mol. The van der Waals surface area contributed by atoms with Crippen LogP contribution in [0.5, 0.6) is 0 Å². The molecule has 132 valence electrons. The molecule has 0 spiro atoms. The normalized spacial score (nSPS) is 16.6. The smallest absolute Gasteiger partial charge is 0.0219 e. The average molecular weight is 327 g/mol. The van der Waals surface area contributed by atoms with E-state index in [1.54, 1.807) is 0 Å². The lowest BCUT2D eigenvalue weighted by molar-refractivity contribution is 0.466. The van der Waals surface area contributed by atoms with Crippen molar-refractivity contribution in [2.75, 3.05) is 13.1 Å². The van der Waals surface area contributed by atoms with Crippen LogP contribution >= 0.6 is 0 Å². The van der Waals surface area contributed by atoms with Crippen molar-refractivity contribution in [3.05, 3.63) is 60.3 Å². The van der Waals surface area contributed by atoms with E-state index in [0.717, 1.165) is 13.1 Å². The maximum Gasteiger partial charge on any atom is 0.0219 e. The second-order valence-corrected chi connectivity index (χ2v) is 6.77. The van der Waals surface area contributed by atoms with Gasteiger partial charge >= 0.3 is 0 Å². The molecule has 2 rings (SSSR count). The first-order valence-electron chi connectivity index (χ1n) is 9.82. The van der Waals surface area contributed by atoms with Gasteiger partial charge in [-0.05, 0) is 48.3 Å². The lowest BCUT2D eigenvalue weighted by atomic mass is 10.0. The Bertz CT molecular complexity index is 430. The third kappa shape index (κ3) is 6.43. The quantitative estimate of drug-likeness (QED) is 0.446. The molecule has 0 unspecified atom stereocenters. The maximum atomic E-state index is 2.30. The Morgan fingerprint density at radius 2 is 0.917 bits per heavy atom. The van der Waals surface area contributed by atoms with E-state index >= 15 is 0 Å². The Morgan fingerprint density at radius 3 is 1.25 bits per heavy atom. The van der Waals surface area contributed by atoms with Crippen molar-refractivity contribution < 1.29 is 0 Å². The number of unbranched alkanes of at least 4 members (excludes halogenated alkanes) is 6. The summed E-state index contributed by atoms with van der Waals surface area (Å²) < 4.78 is 0. The molecule has 2 nitrogen and oxygen atoms in total. The largest absolute Gasteiger partial charge is 0.354 e. The second-order valence-electron chi connectivity index (χ2n) is 6.77. The number of rotatable bonds is 10. The SMILES string of the molecule is CCCCCCN1C=CC(=C2C=CN(CCCCCC)C=C2)C=C1. The first kappa shape index (κ1) is 18.6. The van der Waals surface area contributed by atoms with E-state index in [1.165, 1.54) is 62.5 Å². The first-order chi connectivity index (χ1) is 11.8. The lowest BCUT2D eigenvalue weighted by Crippen LogP contribution is -2.15. The summed E-state index contributed by atoms with van der Waals surface area (Å²) in [4.78, 5) is 4.60. The average Bonchev–Trinajstić information content (AvgIpc) is 2.64. The van der Waals surface area contributed by atoms with E-state index in [0.29, 0.717) is 0 Å². The molecule has 2 aliphatic heterocycles. The molecule has 0 aromatic carbocycles. The minimum Gasteiger partial charge on any atom is -0.354 e. The molecule has 0 saturated carbocycles. The topological polar surface area (TPSA) is 6.48 Å². The van der Waals surface area contributed by atoms with Crippen molar-refractivity contribution in [1.29, 1.82) is 0 Å². The molecule has 2 heteroatoms. The van der Waals surface area contributed by atoms with Crippen LogP contribution in [0.15, 0.2) is 60.3 Å². The molecule has 0 bridgehead atoms. The predicted molar refractivity (Wildman–Crippen MR) is 105 cm³/mol. The number of hydrogen-bond donors (Lipinski definition) is 0. The van der Waals surface area contributed by atoms with Gasteiger partial charge in [0.05, 0.1) is 0 Å². The zero-order valence-corrected chi connectivity index (χ0v) is 15.6. The fraction of sp³-hybridized carbons (Fsp3) is 0.545. The predicted octanol–water partition coefficient (Wildman–Crippen LogP) is 6.13. The lowest BCUT2D eigenvalue weighted by Gasteiger charge is -2.22. The van der Waals surface area contributed by atoms with Crippen LogP contribution in [0.1, 0.15) is 65.2 Å². The molecule has 0 N–H and O–H groups in total. The van der Waals surface area contributed by atoms with Gasteiger partial charge in [0.2, 0.25) is 0 Å². The van der Waals surface area contributed by atoms with Crippen LogP contribution in [0.25, 0.3) is 0 Å². The van der Waals surface area contributed by atoms with Gasteiger partial charge in [-0.2, -0.15) is 0 Å². The van der Waals surface area contributed by atoms with E-state index in [9.17, 15) is 0 Å². The van der Waals surface area contributed by atoms with Gasteiger partial charge < -0.3 is 9.80 Å². The Labute approximate surface area is 148 Å². The van der Waals surface area contributed by atoms with Crippen molar-refractivity contribution >= 4 is 0 Å². The molecule has 0 aliphatic carbocycles. The van der Waals surface area contributed by atoms with E-state index in [1.807, 2.05) is 0 Å². The summed E-state index contributed by atoms with van der Waals surface area (Å²) in [6.45, 7) is 6.78. The van der Waals surface area contributed by atoms with Gasteiger partial charge in [0.25, 0.3) is 0 Å². The Kier molecular flexibility index (Phi) is 8.51. The van der Waals surface area contributed by atoms with Crippen molar-refractivity contribution in [2.45, 2.75) is 65.2 Å². The van der Waals surface area contributed by atoms with Crippen LogP contribution in [0, 0.1) is 0 Å². The molecule has 0 amide bonds. The van der Waals surface area contributed by atoms with Crippen molar-refractivity contribution in [3.8, 4) is 0 Å². The van der Waals surface area contributed by atoms with E-state index in [2.05, 4.69) is 72.8 Å². The highest BCUT2D eigenvalue weighted by molar-refractivity contribution is 5.48. The van der Waals surface area contributed by atoms with E-state index in [4.69, 9.17) is 0 Å². The van der Waals surface area contributed by atoms with Crippen LogP contribution in [-0.4, -0.2) is 22.9 Å². The van der Waals surface area contributed by atoms with Gasteiger partial charge in [-0.25, -0.2) is 0 Å². The van der Waals surface area contributed by atoms with Gasteiger partial charge in [-0.3, -0.25) is 0 Å². The summed E-state index contributed by atoms with van der Waals surface area (Å²) in [6.07, 6.45) is 28.3. The Morgan fingerprint density at radius 1 is 0.542 bits per heavy atom. The van der Waals surface area contributed by atoms with E-state index in [-0.39, 0.29) is 0 Å². The molecule has 2 heterocycles. The van der Waals surface area contributed by atoms with Crippen LogP contribution in [0.4, 0.5) is 0 Å². The summed E-state index contributed by atoms with van der Waals surface area (Å²) in [6, 6.07) is 0. The minimum atomic E-state index is 1.13. The van der Waals surface area contributed by atoms with Crippen molar-refractivity contribution in [3.63, 3.8) is 0 Å². The molecule has 0 radical (unpaired) electrons. The molecule has 0 aromatic rings. The molecule has 24 heavy (non-hydrogen) atoms. The van der Waals surface area contributed by atoms with Crippen LogP contribution < -0.4 is 0 Å². The molecule has 0 saturated heterocycles. The van der Waals surface area contributed by atoms with E-state index < -0.39 is 0 Å². The highest BCUT2D eigenvalue weighted by atomic mass is 15.1. The molecular weight excluding hydrogens is 292 g/mol. The third-order valence-corrected chi connectivity index (χ3v) is 4.66. The fourth-order valence-electron chi connectivity index (χ4n) is 3.04. The number of hydrogen-bond acceptors (Lipinski definition) is 2. The highest BCUT2D eigenvalue weighted by Crippen LogP contribution is 2.20. The standard InChI is InChI=1S/C22H34N2/c1-3-5-7-9-15-23-17-11-21(12-18-23)22-13-19-24(20-14-22)16-10-8-6-4-2/h11-14,17-20H,3-10,15-16H2,1-2H3. The highest BCUT2D eigenvalue weighted by Gasteiger charge is 2.06. The molecule has 0 atom stereocenters. The molecule has 2 aliphatic rings. The number of allylic oxidation sites excluding steroid dienone is 6. The second kappa shape index (κ2) is 11.0. The minimum absolute atomic E-state index is 1.13. The van der Waals surface area contributed by atoms with Gasteiger partial charge in [-0.15, -0.1) is 0 Å². The Hall–Kier alpha value is -1.70. The number of nitrogens with zero attached hydrogens (tertiary/aromatic N) is 2. The van der Waals surface area contributed by atoms with Gasteiger partial charge in [0, 0.05) is 37.9 Å². The summed E-state index contributed by atoms with van der Waals surface area (Å²) in [5.74, 6) is 0. The van der Waals surface area contributed by atoms with Crippen molar-refractivity contribution in [2.24, 2.45) is 0 Å². The maximum absolute atomic E-state index is 2.30. The summed E-state index contributed by atoms with van der Waals surface area (Å²) >= 11 is 0. The van der Waals surface area contributed by atoms with Crippen molar-refractivity contribution in [1.82, 2.24) is 9.80 Å². The first-order valence-corrected chi connectivity index (χ1v) is 9.82. The van der Waals surface area contributed by atoms with Gasteiger partial charge in [0.1, 0.15) is 0 Å². The van der Waals surface area contributed by atoms with Crippen LogP contribution in [0.2, 0.25) is 0 Å². The van der Waals surface area contributed by atoms with Crippen LogP contribution in [-0.2, 0) is 0 Å². The van der Waals surface area contributed by atoms with Gasteiger partial charge in [0.15, 0.2) is 0 Å². The zero-order chi connectivity index (χ0) is 17.0.